The van der Waals surface area contributed by atoms with Crippen LogP contribution in [0.15, 0.2) is 10.7 Å². The minimum atomic E-state index is -0.973. The lowest BCUT2D eigenvalue weighted by Gasteiger charge is -2.31. The molecule has 0 amide bonds. The fourth-order valence-corrected chi connectivity index (χ4v) is 3.45. The predicted octanol–water partition coefficient (Wildman–Crippen LogP) is 2.04. The van der Waals surface area contributed by atoms with Crippen LogP contribution in [-0.4, -0.2) is 36.3 Å². The van der Waals surface area contributed by atoms with E-state index in [0.717, 1.165) is 18.7 Å². The molecule has 0 bridgehead atoms. The zero-order valence-corrected chi connectivity index (χ0v) is 14.9. The second kappa shape index (κ2) is 6.49. The van der Waals surface area contributed by atoms with Crippen molar-refractivity contribution >= 4 is 0 Å². The van der Waals surface area contributed by atoms with Crippen molar-refractivity contribution in [1.82, 2.24) is 30.5 Å². The maximum absolute atomic E-state index is 10.1. The van der Waals surface area contributed by atoms with Gasteiger partial charge in [-0.2, -0.15) is 4.98 Å². The molecule has 0 aliphatic heterocycles. The third kappa shape index (κ3) is 3.74. The predicted molar refractivity (Wildman–Crippen MR) is 89.7 cm³/mol. The Morgan fingerprint density at radius 2 is 2.08 bits per heavy atom. The highest BCUT2D eigenvalue weighted by Crippen LogP contribution is 2.38. The van der Waals surface area contributed by atoms with Gasteiger partial charge in [-0.1, -0.05) is 23.2 Å². The summed E-state index contributed by atoms with van der Waals surface area (Å²) in [6, 6.07) is 0.504. The van der Waals surface area contributed by atoms with Gasteiger partial charge in [0.1, 0.15) is 11.3 Å². The van der Waals surface area contributed by atoms with Gasteiger partial charge in [0.05, 0.1) is 18.8 Å². The zero-order valence-electron chi connectivity index (χ0n) is 14.9. The van der Waals surface area contributed by atoms with Gasteiger partial charge in [-0.15, -0.1) is 5.10 Å². The molecule has 0 saturated heterocycles. The van der Waals surface area contributed by atoms with Crippen LogP contribution in [0.4, 0.5) is 0 Å². The Balaban J connectivity index is 1.42. The lowest BCUT2D eigenvalue weighted by molar-refractivity contribution is 0.0736. The van der Waals surface area contributed by atoms with Crippen LogP contribution in [0, 0.1) is 0 Å². The molecule has 0 radical (unpaired) electrons. The van der Waals surface area contributed by atoms with Gasteiger partial charge in [0, 0.05) is 12.0 Å². The largest absolute Gasteiger partial charge is 0.384 e. The molecule has 8 heteroatoms. The second-order valence-electron chi connectivity index (χ2n) is 7.80. The summed E-state index contributed by atoms with van der Waals surface area (Å²) in [5.41, 5.74) is -0.374. The van der Waals surface area contributed by atoms with Gasteiger partial charge in [-0.3, -0.25) is 0 Å². The summed E-state index contributed by atoms with van der Waals surface area (Å²) < 4.78 is 7.25. The second-order valence-corrected chi connectivity index (χ2v) is 7.80. The first-order valence-corrected chi connectivity index (χ1v) is 9.21. The summed E-state index contributed by atoms with van der Waals surface area (Å²) in [6.07, 6.45) is 8.70. The van der Waals surface area contributed by atoms with E-state index in [4.69, 9.17) is 4.52 Å². The van der Waals surface area contributed by atoms with E-state index in [1.165, 1.54) is 25.7 Å². The SMILES string of the molecule is CC(C)(O)c1cn([C@@H]2CCCC[C@@H]2NCc2nc(C3CC3)no2)nn1. The van der Waals surface area contributed by atoms with E-state index in [1.807, 2.05) is 10.9 Å². The molecular weight excluding hydrogens is 320 g/mol. The number of nitrogens with one attached hydrogen (secondary N) is 1. The molecule has 0 aromatic carbocycles. The maximum Gasteiger partial charge on any atom is 0.240 e. The molecule has 2 atom stereocenters. The fraction of sp³-hybridized carbons (Fsp3) is 0.765. The molecule has 4 rings (SSSR count). The van der Waals surface area contributed by atoms with Crippen LogP contribution in [0.2, 0.25) is 0 Å². The van der Waals surface area contributed by atoms with Crippen LogP contribution in [0.3, 0.4) is 0 Å². The van der Waals surface area contributed by atoms with Gasteiger partial charge in [-0.05, 0) is 39.5 Å². The summed E-state index contributed by atoms with van der Waals surface area (Å²) in [7, 11) is 0. The Hall–Kier alpha value is -1.80. The molecule has 2 aliphatic rings. The first kappa shape index (κ1) is 16.7. The number of aromatic nitrogens is 5. The average molecular weight is 346 g/mol. The van der Waals surface area contributed by atoms with E-state index in [9.17, 15) is 5.11 Å². The van der Waals surface area contributed by atoms with E-state index in [2.05, 4.69) is 25.8 Å². The summed E-state index contributed by atoms with van der Waals surface area (Å²) in [6.45, 7) is 4.03. The normalized spacial score (nSPS) is 24.6. The minimum Gasteiger partial charge on any atom is -0.384 e. The first-order valence-electron chi connectivity index (χ1n) is 9.21. The Morgan fingerprint density at radius 3 is 2.80 bits per heavy atom. The molecular formula is C17H26N6O2. The number of hydrogen-bond acceptors (Lipinski definition) is 7. The number of aliphatic hydroxyl groups is 1. The molecule has 2 saturated carbocycles. The topological polar surface area (TPSA) is 102 Å². The molecule has 2 fully saturated rings. The summed E-state index contributed by atoms with van der Waals surface area (Å²) in [5.74, 6) is 2.01. The molecule has 2 N–H and O–H groups in total. The third-order valence-electron chi connectivity index (χ3n) is 5.15. The standard InChI is InChI=1S/C17H26N6O2/c1-17(2,24)14-10-23(22-20-14)13-6-4-3-5-12(13)18-9-15-19-16(21-25-15)11-7-8-11/h10-13,18,24H,3-9H2,1-2H3/t12-,13+/m0/s1. The van der Waals surface area contributed by atoms with Crippen LogP contribution < -0.4 is 5.32 Å². The van der Waals surface area contributed by atoms with Gasteiger partial charge in [0.2, 0.25) is 5.89 Å². The van der Waals surface area contributed by atoms with Crippen molar-refractivity contribution in [2.24, 2.45) is 0 Å². The number of nitrogens with zero attached hydrogens (tertiary/aromatic N) is 5. The Bertz CT molecular complexity index is 715. The lowest BCUT2D eigenvalue weighted by atomic mass is 9.90. The molecule has 0 spiro atoms. The van der Waals surface area contributed by atoms with Gasteiger partial charge < -0.3 is 14.9 Å². The Labute approximate surface area is 147 Å². The monoisotopic (exact) mass is 346 g/mol. The molecule has 2 aliphatic carbocycles. The van der Waals surface area contributed by atoms with Crippen LogP contribution in [-0.2, 0) is 12.1 Å². The zero-order chi connectivity index (χ0) is 17.4. The van der Waals surface area contributed by atoms with E-state index in [-0.39, 0.29) is 12.1 Å². The molecule has 8 nitrogen and oxygen atoms in total. The van der Waals surface area contributed by atoms with Gasteiger partial charge in [-0.25, -0.2) is 4.68 Å². The molecule has 136 valence electrons. The lowest BCUT2D eigenvalue weighted by Crippen LogP contribution is -2.39. The molecule has 2 aromatic heterocycles. The van der Waals surface area contributed by atoms with Crippen LogP contribution >= 0.6 is 0 Å². The number of rotatable bonds is 6. The smallest absolute Gasteiger partial charge is 0.240 e. The van der Waals surface area contributed by atoms with E-state index in [0.29, 0.717) is 24.0 Å². The molecule has 2 aromatic rings. The van der Waals surface area contributed by atoms with E-state index < -0.39 is 5.60 Å². The highest BCUT2D eigenvalue weighted by Gasteiger charge is 2.31. The third-order valence-corrected chi connectivity index (χ3v) is 5.15. The van der Waals surface area contributed by atoms with Crippen molar-refractivity contribution in [1.29, 1.82) is 0 Å². The van der Waals surface area contributed by atoms with Crippen LogP contribution in [0.1, 0.15) is 81.7 Å². The number of hydrogen-bond donors (Lipinski definition) is 2. The van der Waals surface area contributed by atoms with E-state index in [1.54, 1.807) is 13.8 Å². The fourth-order valence-electron chi connectivity index (χ4n) is 3.45. The van der Waals surface area contributed by atoms with Gasteiger partial charge in [0.25, 0.3) is 0 Å². The highest BCUT2D eigenvalue weighted by atomic mass is 16.5. The van der Waals surface area contributed by atoms with Crippen molar-refractivity contribution in [3.05, 3.63) is 23.6 Å². The van der Waals surface area contributed by atoms with Crippen molar-refractivity contribution in [3.63, 3.8) is 0 Å². The first-order chi connectivity index (χ1) is 12.0. The average Bonchev–Trinajstić information content (AvgIpc) is 3.12. The van der Waals surface area contributed by atoms with Crippen molar-refractivity contribution < 1.29 is 9.63 Å². The van der Waals surface area contributed by atoms with E-state index >= 15 is 0 Å². The summed E-state index contributed by atoms with van der Waals surface area (Å²) in [5, 5.41) is 26.1. The van der Waals surface area contributed by atoms with Crippen LogP contribution in [0.5, 0.6) is 0 Å². The Kier molecular flexibility index (Phi) is 4.33. The van der Waals surface area contributed by atoms with Crippen molar-refractivity contribution in [2.45, 2.75) is 82.5 Å². The van der Waals surface area contributed by atoms with Crippen molar-refractivity contribution in [3.8, 4) is 0 Å². The quantitative estimate of drug-likeness (QED) is 0.825. The van der Waals surface area contributed by atoms with Gasteiger partial charge in [0.15, 0.2) is 5.82 Å². The van der Waals surface area contributed by atoms with Gasteiger partial charge >= 0.3 is 0 Å². The minimum absolute atomic E-state index is 0.225. The van der Waals surface area contributed by atoms with Crippen LogP contribution in [0.25, 0.3) is 0 Å². The molecule has 2 heterocycles. The Morgan fingerprint density at radius 1 is 1.28 bits per heavy atom. The summed E-state index contributed by atoms with van der Waals surface area (Å²) >= 11 is 0. The molecule has 25 heavy (non-hydrogen) atoms. The van der Waals surface area contributed by atoms with Crippen molar-refractivity contribution in [2.75, 3.05) is 0 Å². The summed E-state index contributed by atoms with van der Waals surface area (Å²) in [4.78, 5) is 4.48. The molecule has 0 unspecified atom stereocenters. The maximum atomic E-state index is 10.1. The highest BCUT2D eigenvalue weighted by molar-refractivity contribution is 5.05.